The van der Waals surface area contributed by atoms with E-state index in [9.17, 15) is 4.79 Å². The van der Waals surface area contributed by atoms with E-state index in [0.29, 0.717) is 6.54 Å². The summed E-state index contributed by atoms with van der Waals surface area (Å²) in [5.74, 6) is 4.71. The second-order valence-electron chi connectivity index (χ2n) is 8.73. The number of aromatic nitrogens is 2. The maximum absolute atomic E-state index is 12.8. The van der Waals surface area contributed by atoms with Gasteiger partial charge >= 0.3 is 0 Å². The number of halogens is 1. The third-order valence-electron chi connectivity index (χ3n) is 6.95. The van der Waals surface area contributed by atoms with Gasteiger partial charge in [-0.25, -0.2) is 4.98 Å². The Morgan fingerprint density at radius 2 is 1.70 bits per heavy atom. The Kier molecular flexibility index (Phi) is 4.91. The van der Waals surface area contributed by atoms with Crippen LogP contribution in [0.2, 0.25) is 0 Å². The molecular formula is C22H27BrN2O2. The molecule has 144 valence electrons. The highest BCUT2D eigenvalue weighted by Crippen LogP contribution is 2.60. The van der Waals surface area contributed by atoms with Crippen molar-refractivity contribution in [1.82, 2.24) is 9.55 Å². The van der Waals surface area contributed by atoms with E-state index in [2.05, 4.69) is 4.57 Å². The molecule has 0 amide bonds. The molecule has 0 atom stereocenters. The van der Waals surface area contributed by atoms with Crippen LogP contribution in [0.5, 0.6) is 5.75 Å². The molecule has 0 saturated heterocycles. The summed E-state index contributed by atoms with van der Waals surface area (Å²) in [6.07, 6.45) is 12.0. The fourth-order valence-electron chi connectivity index (χ4n) is 6.31. The summed E-state index contributed by atoms with van der Waals surface area (Å²) >= 11 is 0. The highest BCUT2D eigenvalue weighted by Gasteiger charge is 2.53. The third kappa shape index (κ3) is 3.24. The first kappa shape index (κ1) is 18.7. The van der Waals surface area contributed by atoms with E-state index in [-0.39, 0.29) is 28.2 Å². The van der Waals surface area contributed by atoms with Gasteiger partial charge in [0, 0.05) is 23.4 Å². The summed E-state index contributed by atoms with van der Waals surface area (Å²) in [6, 6.07) is 7.40. The highest BCUT2D eigenvalue weighted by molar-refractivity contribution is 8.93. The van der Waals surface area contributed by atoms with Crippen molar-refractivity contribution in [2.24, 2.45) is 17.8 Å². The molecule has 1 heterocycles. The van der Waals surface area contributed by atoms with Gasteiger partial charge in [0.1, 0.15) is 11.6 Å². The minimum atomic E-state index is 0. The van der Waals surface area contributed by atoms with E-state index in [0.717, 1.165) is 29.1 Å². The van der Waals surface area contributed by atoms with Crippen molar-refractivity contribution in [3.8, 4) is 5.75 Å². The topological polar surface area (TPSA) is 44.1 Å². The summed E-state index contributed by atoms with van der Waals surface area (Å²) in [6.45, 7) is 0.378. The van der Waals surface area contributed by atoms with Gasteiger partial charge in [0.15, 0.2) is 5.78 Å². The molecule has 1 aromatic carbocycles. The van der Waals surface area contributed by atoms with Gasteiger partial charge < -0.3 is 9.30 Å². The summed E-state index contributed by atoms with van der Waals surface area (Å²) in [5, 5.41) is 0. The monoisotopic (exact) mass is 430 g/mol. The minimum Gasteiger partial charge on any atom is -0.497 e. The van der Waals surface area contributed by atoms with Crippen molar-refractivity contribution in [1.29, 1.82) is 0 Å². The third-order valence-corrected chi connectivity index (χ3v) is 6.95. The number of methoxy groups -OCH3 is 1. The Labute approximate surface area is 171 Å². The van der Waals surface area contributed by atoms with E-state index in [1.54, 1.807) is 7.11 Å². The van der Waals surface area contributed by atoms with Crippen LogP contribution in [0.25, 0.3) is 0 Å². The van der Waals surface area contributed by atoms with Crippen LogP contribution in [0.15, 0.2) is 36.7 Å². The molecule has 2 aromatic rings. The largest absolute Gasteiger partial charge is 0.497 e. The zero-order chi connectivity index (χ0) is 17.7. The fraction of sp³-hybridized carbons (Fsp3) is 0.545. The van der Waals surface area contributed by atoms with Crippen molar-refractivity contribution in [2.75, 3.05) is 7.11 Å². The van der Waals surface area contributed by atoms with Crippen molar-refractivity contribution in [2.45, 2.75) is 50.5 Å². The first-order valence-corrected chi connectivity index (χ1v) is 9.84. The van der Waals surface area contributed by atoms with E-state index >= 15 is 0 Å². The van der Waals surface area contributed by atoms with Crippen LogP contribution in [0.4, 0.5) is 0 Å². The molecule has 6 rings (SSSR count). The second kappa shape index (κ2) is 7.08. The first-order valence-electron chi connectivity index (χ1n) is 9.84. The van der Waals surface area contributed by atoms with Crippen LogP contribution in [0.3, 0.4) is 0 Å². The Bertz CT molecular complexity index is 792. The number of hydrogen-bond acceptors (Lipinski definition) is 3. The standard InChI is InChI=1S/C22H26N2O2.BrH/c1-26-19-4-2-18(3-5-19)20(25)14-24-7-6-23-21(24)22-11-15-8-16(12-22)10-17(9-15)13-22;/h2-7,15-17H,8-14H2,1H3;1H. The average molecular weight is 431 g/mol. The van der Waals surface area contributed by atoms with E-state index < -0.39 is 0 Å². The smallest absolute Gasteiger partial charge is 0.182 e. The van der Waals surface area contributed by atoms with Gasteiger partial charge in [-0.1, -0.05) is 0 Å². The molecule has 4 bridgehead atoms. The van der Waals surface area contributed by atoms with Crippen molar-refractivity contribution >= 4 is 22.8 Å². The van der Waals surface area contributed by atoms with Crippen molar-refractivity contribution in [3.63, 3.8) is 0 Å². The van der Waals surface area contributed by atoms with Gasteiger partial charge in [-0.2, -0.15) is 0 Å². The highest BCUT2D eigenvalue weighted by atomic mass is 79.9. The predicted octanol–water partition coefficient (Wildman–Crippen LogP) is 4.82. The molecule has 0 spiro atoms. The van der Waals surface area contributed by atoms with Crippen molar-refractivity contribution < 1.29 is 9.53 Å². The molecule has 1 aromatic heterocycles. The average Bonchev–Trinajstić information content (AvgIpc) is 3.09. The molecule has 0 unspecified atom stereocenters. The molecule has 4 nitrogen and oxygen atoms in total. The molecule has 0 N–H and O–H groups in total. The Hall–Kier alpha value is -1.62. The van der Waals surface area contributed by atoms with Gasteiger partial charge in [-0.3, -0.25) is 4.79 Å². The van der Waals surface area contributed by atoms with Gasteiger partial charge in [0.2, 0.25) is 0 Å². The Balaban J connectivity index is 0.00000180. The zero-order valence-corrected chi connectivity index (χ0v) is 17.5. The number of ketones is 1. The predicted molar refractivity (Wildman–Crippen MR) is 110 cm³/mol. The summed E-state index contributed by atoms with van der Waals surface area (Å²) in [7, 11) is 1.64. The number of nitrogens with zero attached hydrogens (tertiary/aromatic N) is 2. The molecule has 4 saturated carbocycles. The fourth-order valence-corrected chi connectivity index (χ4v) is 6.31. The lowest BCUT2D eigenvalue weighted by Crippen LogP contribution is -2.49. The molecule has 4 fully saturated rings. The maximum Gasteiger partial charge on any atom is 0.182 e. The molecular weight excluding hydrogens is 404 g/mol. The van der Waals surface area contributed by atoms with E-state index in [4.69, 9.17) is 9.72 Å². The number of Topliss-reactive ketones (excluding diaryl/α,β-unsaturated/α-hetero) is 1. The number of carbonyl (C=O) groups is 1. The molecule has 27 heavy (non-hydrogen) atoms. The zero-order valence-electron chi connectivity index (χ0n) is 15.8. The van der Waals surface area contributed by atoms with Crippen LogP contribution in [0.1, 0.15) is 54.7 Å². The SMILES string of the molecule is Br.COc1ccc(C(=O)Cn2ccnc2C23CC4CC(CC(C4)C2)C3)cc1. The molecule has 4 aliphatic carbocycles. The quantitative estimate of drug-likeness (QED) is 0.638. The summed E-state index contributed by atoms with van der Waals surface area (Å²) in [5.41, 5.74) is 0.953. The first-order chi connectivity index (χ1) is 12.6. The van der Waals surface area contributed by atoms with Gasteiger partial charge in [0.05, 0.1) is 13.7 Å². The van der Waals surface area contributed by atoms with Crippen LogP contribution >= 0.6 is 17.0 Å². The number of benzene rings is 1. The number of hydrogen-bond donors (Lipinski definition) is 0. The number of ether oxygens (including phenoxy) is 1. The maximum atomic E-state index is 12.8. The molecule has 0 aliphatic heterocycles. The minimum absolute atomic E-state index is 0. The molecule has 5 heteroatoms. The molecule has 0 radical (unpaired) electrons. The lowest BCUT2D eigenvalue weighted by atomic mass is 9.49. The van der Waals surface area contributed by atoms with Gasteiger partial charge in [-0.05, 0) is 80.5 Å². The van der Waals surface area contributed by atoms with E-state index in [1.165, 1.54) is 44.3 Å². The Morgan fingerprint density at radius 3 is 2.26 bits per heavy atom. The number of imidazole rings is 1. The van der Waals surface area contributed by atoms with Crippen LogP contribution in [-0.4, -0.2) is 22.4 Å². The summed E-state index contributed by atoms with van der Waals surface area (Å²) in [4.78, 5) is 17.6. The molecule has 4 aliphatic rings. The lowest BCUT2D eigenvalue weighted by molar-refractivity contribution is -0.0108. The normalized spacial score (nSPS) is 30.8. The second-order valence-corrected chi connectivity index (χ2v) is 8.73. The van der Waals surface area contributed by atoms with Crippen LogP contribution in [-0.2, 0) is 12.0 Å². The van der Waals surface area contributed by atoms with Gasteiger partial charge in [-0.15, -0.1) is 17.0 Å². The number of carbonyl (C=O) groups excluding carboxylic acids is 1. The van der Waals surface area contributed by atoms with Gasteiger partial charge in [0.25, 0.3) is 0 Å². The number of rotatable bonds is 5. The van der Waals surface area contributed by atoms with E-state index in [1.807, 2.05) is 36.7 Å². The lowest BCUT2D eigenvalue weighted by Gasteiger charge is -2.56. The Morgan fingerprint density at radius 1 is 1.11 bits per heavy atom. The van der Waals surface area contributed by atoms with Crippen molar-refractivity contribution in [3.05, 3.63) is 48.0 Å². The van der Waals surface area contributed by atoms with Crippen LogP contribution in [0, 0.1) is 17.8 Å². The summed E-state index contributed by atoms with van der Waals surface area (Å²) < 4.78 is 7.31. The van der Waals surface area contributed by atoms with Crippen LogP contribution < -0.4 is 4.74 Å².